The predicted octanol–water partition coefficient (Wildman–Crippen LogP) is 2.20. The molecule has 0 saturated heterocycles. The summed E-state index contributed by atoms with van der Waals surface area (Å²) in [4.78, 5) is 20.9. The SMILES string of the molecule is CCCNC(=O)CN(C)[C@H](C)/C(O)=C(\C#N)c1nc2ccccc2[nH]1. The molecule has 1 amide bonds. The number of nitrogens with zero attached hydrogens (tertiary/aromatic N) is 3. The van der Waals surface area contributed by atoms with Gasteiger partial charge in [0.1, 0.15) is 17.4 Å². The number of allylic oxidation sites excluding steroid dienone is 1. The maximum Gasteiger partial charge on any atom is 0.234 e. The van der Waals surface area contributed by atoms with Crippen molar-refractivity contribution in [3.63, 3.8) is 0 Å². The second-order valence-corrected chi connectivity index (χ2v) is 5.92. The highest BCUT2D eigenvalue weighted by Crippen LogP contribution is 2.21. The molecule has 0 fully saturated rings. The normalized spacial score (nSPS) is 13.4. The molecule has 1 aromatic heterocycles. The Morgan fingerprint density at radius 1 is 1.48 bits per heavy atom. The molecule has 0 aliphatic carbocycles. The van der Waals surface area contributed by atoms with Gasteiger partial charge in [-0.1, -0.05) is 19.1 Å². The van der Waals surface area contributed by atoms with Gasteiger partial charge in [0.2, 0.25) is 5.91 Å². The third kappa shape index (κ3) is 4.37. The number of imidazole rings is 1. The van der Waals surface area contributed by atoms with Crippen LogP contribution in [0.5, 0.6) is 0 Å². The van der Waals surface area contributed by atoms with Gasteiger partial charge in [0.15, 0.2) is 5.82 Å². The summed E-state index contributed by atoms with van der Waals surface area (Å²) in [5, 5.41) is 22.8. The maximum atomic E-state index is 11.8. The van der Waals surface area contributed by atoms with Crippen LogP contribution < -0.4 is 5.32 Å². The van der Waals surface area contributed by atoms with Crippen LogP contribution in [0.25, 0.3) is 16.6 Å². The number of hydrogen-bond donors (Lipinski definition) is 3. The number of aromatic nitrogens is 2. The largest absolute Gasteiger partial charge is 0.509 e. The van der Waals surface area contributed by atoms with E-state index in [2.05, 4.69) is 15.3 Å². The van der Waals surface area contributed by atoms with Gasteiger partial charge >= 0.3 is 0 Å². The molecule has 7 heteroatoms. The minimum Gasteiger partial charge on any atom is -0.509 e. The molecule has 0 spiro atoms. The Balaban J connectivity index is 2.22. The molecule has 0 aliphatic rings. The number of carbonyl (C=O) groups excluding carboxylic acids is 1. The zero-order valence-corrected chi connectivity index (χ0v) is 14.7. The molecular weight excluding hydrogens is 318 g/mol. The monoisotopic (exact) mass is 341 g/mol. The van der Waals surface area contributed by atoms with Crippen molar-refractivity contribution in [3.8, 4) is 6.07 Å². The van der Waals surface area contributed by atoms with E-state index in [4.69, 9.17) is 0 Å². The summed E-state index contributed by atoms with van der Waals surface area (Å²) in [5.41, 5.74) is 1.58. The maximum absolute atomic E-state index is 11.8. The number of aliphatic hydroxyl groups excluding tert-OH is 1. The van der Waals surface area contributed by atoms with E-state index in [0.29, 0.717) is 12.4 Å². The third-order valence-electron chi connectivity index (χ3n) is 4.02. The zero-order chi connectivity index (χ0) is 18.4. The molecule has 0 aliphatic heterocycles. The summed E-state index contributed by atoms with van der Waals surface area (Å²) in [7, 11) is 1.72. The molecule has 0 unspecified atom stereocenters. The Morgan fingerprint density at radius 2 is 2.20 bits per heavy atom. The Hall–Kier alpha value is -2.85. The first kappa shape index (κ1) is 18.5. The van der Waals surface area contributed by atoms with Gasteiger partial charge < -0.3 is 15.4 Å². The van der Waals surface area contributed by atoms with E-state index in [-0.39, 0.29) is 23.8 Å². The minimum atomic E-state index is -0.504. The first-order valence-electron chi connectivity index (χ1n) is 8.23. The number of nitrogens with one attached hydrogen (secondary N) is 2. The Kier molecular flexibility index (Phi) is 6.14. The molecule has 1 aromatic carbocycles. The van der Waals surface area contributed by atoms with E-state index in [1.54, 1.807) is 18.9 Å². The number of aromatic amines is 1. The van der Waals surface area contributed by atoms with E-state index in [9.17, 15) is 15.2 Å². The highest BCUT2D eigenvalue weighted by atomic mass is 16.3. The lowest BCUT2D eigenvalue weighted by Crippen LogP contribution is -2.40. The summed E-state index contributed by atoms with van der Waals surface area (Å²) in [6, 6.07) is 8.91. The predicted molar refractivity (Wildman–Crippen MR) is 96.6 cm³/mol. The van der Waals surface area contributed by atoms with Crippen molar-refractivity contribution in [1.82, 2.24) is 20.2 Å². The fraction of sp³-hybridized carbons (Fsp3) is 0.389. The number of para-hydroxylation sites is 2. The second-order valence-electron chi connectivity index (χ2n) is 5.92. The van der Waals surface area contributed by atoms with Crippen LogP contribution in [-0.4, -0.2) is 52.1 Å². The van der Waals surface area contributed by atoms with Crippen LogP contribution >= 0.6 is 0 Å². The Bertz CT molecular complexity index is 785. The van der Waals surface area contributed by atoms with Gasteiger partial charge in [0, 0.05) is 6.54 Å². The fourth-order valence-corrected chi connectivity index (χ4v) is 2.40. The van der Waals surface area contributed by atoms with Gasteiger partial charge in [-0.05, 0) is 32.5 Å². The van der Waals surface area contributed by atoms with Crippen LogP contribution in [0.2, 0.25) is 0 Å². The van der Waals surface area contributed by atoms with Gasteiger partial charge in [-0.15, -0.1) is 0 Å². The van der Waals surface area contributed by atoms with Gasteiger partial charge in [-0.2, -0.15) is 5.26 Å². The van der Waals surface area contributed by atoms with Crippen molar-refractivity contribution in [3.05, 3.63) is 35.8 Å². The number of likely N-dealkylation sites (N-methyl/N-ethyl adjacent to an activating group) is 1. The van der Waals surface area contributed by atoms with E-state index < -0.39 is 6.04 Å². The number of hydrogen-bond acceptors (Lipinski definition) is 5. The van der Waals surface area contributed by atoms with Crippen molar-refractivity contribution in [2.24, 2.45) is 0 Å². The summed E-state index contributed by atoms with van der Waals surface area (Å²) in [5.74, 6) is 0.0791. The summed E-state index contributed by atoms with van der Waals surface area (Å²) in [6.07, 6.45) is 0.862. The zero-order valence-electron chi connectivity index (χ0n) is 14.7. The van der Waals surface area contributed by atoms with Crippen molar-refractivity contribution in [2.75, 3.05) is 20.1 Å². The highest BCUT2D eigenvalue weighted by molar-refractivity contribution is 5.83. The first-order chi connectivity index (χ1) is 12.0. The molecule has 0 saturated carbocycles. The molecule has 1 heterocycles. The topological polar surface area (TPSA) is 105 Å². The lowest BCUT2D eigenvalue weighted by molar-refractivity contribution is -0.122. The lowest BCUT2D eigenvalue weighted by atomic mass is 10.1. The van der Waals surface area contributed by atoms with E-state index >= 15 is 0 Å². The third-order valence-corrected chi connectivity index (χ3v) is 4.02. The van der Waals surface area contributed by atoms with Gasteiger partial charge in [-0.3, -0.25) is 9.69 Å². The fourth-order valence-electron chi connectivity index (χ4n) is 2.40. The molecule has 0 radical (unpaired) electrons. The minimum absolute atomic E-state index is 0.0736. The quantitative estimate of drug-likeness (QED) is 0.529. The molecule has 25 heavy (non-hydrogen) atoms. The number of rotatable bonds is 7. The molecular formula is C18H23N5O2. The van der Waals surface area contributed by atoms with Crippen molar-refractivity contribution in [1.29, 1.82) is 5.26 Å². The van der Waals surface area contributed by atoms with Crippen LogP contribution in [0.3, 0.4) is 0 Å². The highest BCUT2D eigenvalue weighted by Gasteiger charge is 2.22. The number of carbonyl (C=O) groups is 1. The average Bonchev–Trinajstić information content (AvgIpc) is 3.03. The Morgan fingerprint density at radius 3 is 2.84 bits per heavy atom. The molecule has 0 bridgehead atoms. The number of amides is 1. The number of aliphatic hydroxyl groups is 1. The molecule has 132 valence electrons. The summed E-state index contributed by atoms with van der Waals surface area (Å²) >= 11 is 0. The number of H-pyrrole nitrogens is 1. The van der Waals surface area contributed by atoms with Crippen molar-refractivity contribution < 1.29 is 9.90 Å². The van der Waals surface area contributed by atoms with Gasteiger partial charge in [0.25, 0.3) is 0 Å². The van der Waals surface area contributed by atoms with Crippen molar-refractivity contribution >= 4 is 22.5 Å². The van der Waals surface area contributed by atoms with Crippen LogP contribution in [0.4, 0.5) is 0 Å². The van der Waals surface area contributed by atoms with Crippen LogP contribution in [0.15, 0.2) is 30.0 Å². The van der Waals surface area contributed by atoms with Crippen LogP contribution in [-0.2, 0) is 4.79 Å². The van der Waals surface area contributed by atoms with Crippen LogP contribution in [0, 0.1) is 11.3 Å². The second kappa shape index (κ2) is 8.31. The average molecular weight is 341 g/mol. The number of nitriles is 1. The lowest BCUT2D eigenvalue weighted by Gasteiger charge is -2.24. The van der Waals surface area contributed by atoms with E-state index in [1.165, 1.54) is 0 Å². The van der Waals surface area contributed by atoms with E-state index in [0.717, 1.165) is 17.5 Å². The van der Waals surface area contributed by atoms with Gasteiger partial charge in [0.05, 0.1) is 23.6 Å². The summed E-state index contributed by atoms with van der Waals surface area (Å²) < 4.78 is 0. The molecule has 1 atom stereocenters. The smallest absolute Gasteiger partial charge is 0.234 e. The molecule has 2 rings (SSSR count). The van der Waals surface area contributed by atoms with E-state index in [1.807, 2.05) is 37.3 Å². The standard InChI is InChI=1S/C18H23N5O2/c1-4-9-20-16(24)11-23(3)12(2)17(25)13(10-19)18-21-14-7-5-6-8-15(14)22-18/h5-8,12,25H,4,9,11H2,1-3H3,(H,20,24)(H,21,22)/b17-13-/t12-/m1/s1. The van der Waals surface area contributed by atoms with Crippen LogP contribution in [0.1, 0.15) is 26.1 Å². The molecule has 2 aromatic rings. The number of fused-ring (bicyclic) bond motifs is 1. The molecule has 7 nitrogen and oxygen atoms in total. The summed E-state index contributed by atoms with van der Waals surface area (Å²) in [6.45, 7) is 4.46. The Labute approximate surface area is 147 Å². The van der Waals surface area contributed by atoms with Gasteiger partial charge in [-0.25, -0.2) is 4.98 Å². The first-order valence-corrected chi connectivity index (χ1v) is 8.23. The molecule has 3 N–H and O–H groups in total. The number of benzene rings is 1. The van der Waals surface area contributed by atoms with Crippen molar-refractivity contribution in [2.45, 2.75) is 26.3 Å².